The van der Waals surface area contributed by atoms with Crippen LogP contribution >= 0.6 is 21.6 Å². The van der Waals surface area contributed by atoms with Crippen molar-refractivity contribution in [1.29, 1.82) is 0 Å². The monoisotopic (exact) mass is 262 g/mol. The first kappa shape index (κ1) is 12.4. The number of benzene rings is 2. The molecular formula is C14H14OS2. The van der Waals surface area contributed by atoms with Crippen LogP contribution < -0.4 is 4.74 Å². The van der Waals surface area contributed by atoms with Crippen LogP contribution in [0.1, 0.15) is 5.56 Å². The molecule has 0 aromatic heterocycles. The molecule has 3 heteroatoms. The van der Waals surface area contributed by atoms with Gasteiger partial charge in [0.15, 0.2) is 0 Å². The Kier molecular flexibility index (Phi) is 4.83. The molecule has 0 atom stereocenters. The highest BCUT2D eigenvalue weighted by Gasteiger charge is 1.97. The van der Waals surface area contributed by atoms with Crippen molar-refractivity contribution < 1.29 is 4.74 Å². The molecular weight excluding hydrogens is 248 g/mol. The summed E-state index contributed by atoms with van der Waals surface area (Å²) in [6.45, 7) is 0. The Hall–Kier alpha value is -1.06. The SMILES string of the molecule is COc1ccc(SSCc2ccccc2)cc1. The zero-order valence-corrected chi connectivity index (χ0v) is 11.3. The van der Waals surface area contributed by atoms with E-state index < -0.39 is 0 Å². The highest BCUT2D eigenvalue weighted by molar-refractivity contribution is 8.76. The lowest BCUT2D eigenvalue weighted by Crippen LogP contribution is -1.80. The fourth-order valence-corrected chi connectivity index (χ4v) is 3.47. The first-order valence-electron chi connectivity index (χ1n) is 5.36. The van der Waals surface area contributed by atoms with Crippen molar-refractivity contribution >= 4 is 21.6 Å². The summed E-state index contributed by atoms with van der Waals surface area (Å²) in [6.07, 6.45) is 0. The maximum Gasteiger partial charge on any atom is 0.118 e. The van der Waals surface area contributed by atoms with Gasteiger partial charge in [0.25, 0.3) is 0 Å². The lowest BCUT2D eigenvalue weighted by atomic mass is 10.2. The van der Waals surface area contributed by atoms with Gasteiger partial charge in [0, 0.05) is 10.6 Å². The van der Waals surface area contributed by atoms with Gasteiger partial charge in [-0.1, -0.05) is 51.9 Å². The molecule has 0 aliphatic rings. The van der Waals surface area contributed by atoms with Crippen LogP contribution in [0.15, 0.2) is 59.5 Å². The molecule has 0 bridgehead atoms. The van der Waals surface area contributed by atoms with Gasteiger partial charge >= 0.3 is 0 Å². The summed E-state index contributed by atoms with van der Waals surface area (Å²) in [5.74, 6) is 1.93. The van der Waals surface area contributed by atoms with E-state index in [0.29, 0.717) is 0 Å². The molecule has 0 fully saturated rings. The van der Waals surface area contributed by atoms with Gasteiger partial charge in [-0.3, -0.25) is 0 Å². The number of ether oxygens (including phenoxy) is 1. The summed E-state index contributed by atoms with van der Waals surface area (Å²) in [5, 5.41) is 0. The summed E-state index contributed by atoms with van der Waals surface area (Å²) < 4.78 is 5.13. The Bertz CT molecular complexity index is 440. The highest BCUT2D eigenvalue weighted by Crippen LogP contribution is 2.34. The molecule has 2 rings (SSSR count). The second-order valence-electron chi connectivity index (χ2n) is 3.51. The zero-order chi connectivity index (χ0) is 11.9. The first-order chi connectivity index (χ1) is 8.38. The van der Waals surface area contributed by atoms with E-state index in [1.807, 2.05) is 29.0 Å². The van der Waals surface area contributed by atoms with Crippen LogP contribution in [0.4, 0.5) is 0 Å². The molecule has 2 aromatic carbocycles. The van der Waals surface area contributed by atoms with Crippen molar-refractivity contribution in [3.8, 4) is 5.75 Å². The molecule has 0 spiro atoms. The van der Waals surface area contributed by atoms with Gasteiger partial charge in [-0.15, -0.1) is 0 Å². The maximum absolute atomic E-state index is 5.13. The van der Waals surface area contributed by atoms with Crippen molar-refractivity contribution in [2.24, 2.45) is 0 Å². The molecule has 0 aliphatic carbocycles. The number of rotatable bonds is 5. The maximum atomic E-state index is 5.13. The molecule has 88 valence electrons. The van der Waals surface area contributed by atoms with Gasteiger partial charge < -0.3 is 4.74 Å². The van der Waals surface area contributed by atoms with Crippen LogP contribution in [0, 0.1) is 0 Å². The van der Waals surface area contributed by atoms with E-state index in [4.69, 9.17) is 4.74 Å². The zero-order valence-electron chi connectivity index (χ0n) is 9.63. The van der Waals surface area contributed by atoms with E-state index in [0.717, 1.165) is 11.5 Å². The fraction of sp³-hybridized carbons (Fsp3) is 0.143. The second-order valence-corrected chi connectivity index (χ2v) is 5.88. The number of hydrogen-bond acceptors (Lipinski definition) is 3. The largest absolute Gasteiger partial charge is 0.497 e. The molecule has 0 N–H and O–H groups in total. The molecule has 0 radical (unpaired) electrons. The number of hydrogen-bond donors (Lipinski definition) is 0. The molecule has 0 amide bonds. The van der Waals surface area contributed by atoms with E-state index in [-0.39, 0.29) is 0 Å². The van der Waals surface area contributed by atoms with Crippen LogP contribution in [-0.2, 0) is 5.75 Å². The van der Waals surface area contributed by atoms with Gasteiger partial charge in [-0.05, 0) is 29.8 Å². The third kappa shape index (κ3) is 4.02. The minimum absolute atomic E-state index is 0.905. The Morgan fingerprint density at radius 1 is 0.941 bits per heavy atom. The van der Waals surface area contributed by atoms with Gasteiger partial charge in [0.1, 0.15) is 5.75 Å². The molecule has 17 heavy (non-hydrogen) atoms. The van der Waals surface area contributed by atoms with E-state index in [1.54, 1.807) is 17.9 Å². The molecule has 0 saturated carbocycles. The average Bonchev–Trinajstić information content (AvgIpc) is 2.41. The predicted molar refractivity (Wildman–Crippen MR) is 76.6 cm³/mol. The molecule has 0 saturated heterocycles. The lowest BCUT2D eigenvalue weighted by molar-refractivity contribution is 0.414. The topological polar surface area (TPSA) is 9.23 Å². The van der Waals surface area contributed by atoms with Crippen molar-refractivity contribution in [2.75, 3.05) is 7.11 Å². The Morgan fingerprint density at radius 3 is 2.29 bits per heavy atom. The molecule has 0 unspecified atom stereocenters. The Labute approximate surface area is 110 Å². The smallest absolute Gasteiger partial charge is 0.118 e. The highest BCUT2D eigenvalue weighted by atomic mass is 33.1. The van der Waals surface area contributed by atoms with Gasteiger partial charge in [-0.2, -0.15) is 0 Å². The second kappa shape index (κ2) is 6.62. The Balaban J connectivity index is 1.82. The van der Waals surface area contributed by atoms with E-state index in [2.05, 4.69) is 36.4 Å². The van der Waals surface area contributed by atoms with Crippen LogP contribution in [0.2, 0.25) is 0 Å². The van der Waals surface area contributed by atoms with Crippen LogP contribution in [0.3, 0.4) is 0 Å². The third-order valence-electron chi connectivity index (χ3n) is 2.28. The summed E-state index contributed by atoms with van der Waals surface area (Å²) in [5.41, 5.74) is 1.36. The lowest BCUT2D eigenvalue weighted by Gasteiger charge is -2.03. The minimum atomic E-state index is 0.905. The van der Waals surface area contributed by atoms with Crippen molar-refractivity contribution in [2.45, 2.75) is 10.6 Å². The normalized spacial score (nSPS) is 10.2. The quantitative estimate of drug-likeness (QED) is 0.727. The van der Waals surface area contributed by atoms with Crippen LogP contribution in [0.25, 0.3) is 0 Å². The van der Waals surface area contributed by atoms with Crippen LogP contribution in [0.5, 0.6) is 5.75 Å². The Morgan fingerprint density at radius 2 is 1.65 bits per heavy atom. The fourth-order valence-electron chi connectivity index (χ4n) is 1.37. The number of methoxy groups -OCH3 is 1. The summed E-state index contributed by atoms with van der Waals surface area (Å²) in [7, 11) is 5.33. The average molecular weight is 262 g/mol. The summed E-state index contributed by atoms with van der Waals surface area (Å²) >= 11 is 0. The van der Waals surface area contributed by atoms with Crippen LogP contribution in [-0.4, -0.2) is 7.11 Å². The predicted octanol–water partition coefficient (Wildman–Crippen LogP) is 4.64. The summed E-state index contributed by atoms with van der Waals surface area (Å²) in [4.78, 5) is 1.26. The first-order valence-corrected chi connectivity index (χ1v) is 7.68. The van der Waals surface area contributed by atoms with E-state index in [9.17, 15) is 0 Å². The summed E-state index contributed by atoms with van der Waals surface area (Å²) in [6, 6.07) is 18.7. The minimum Gasteiger partial charge on any atom is -0.497 e. The van der Waals surface area contributed by atoms with Gasteiger partial charge in [0.05, 0.1) is 7.11 Å². The van der Waals surface area contributed by atoms with Crippen molar-refractivity contribution in [3.63, 3.8) is 0 Å². The van der Waals surface area contributed by atoms with E-state index in [1.165, 1.54) is 10.5 Å². The molecule has 1 nitrogen and oxygen atoms in total. The van der Waals surface area contributed by atoms with Gasteiger partial charge in [-0.25, -0.2) is 0 Å². The molecule has 0 aliphatic heterocycles. The molecule has 0 heterocycles. The van der Waals surface area contributed by atoms with Crippen molar-refractivity contribution in [1.82, 2.24) is 0 Å². The van der Waals surface area contributed by atoms with Crippen molar-refractivity contribution in [3.05, 3.63) is 60.2 Å². The standard InChI is InChI=1S/C14H14OS2/c1-15-13-7-9-14(10-8-13)17-16-11-12-5-3-2-4-6-12/h2-10H,11H2,1H3. The van der Waals surface area contributed by atoms with E-state index >= 15 is 0 Å². The van der Waals surface area contributed by atoms with Gasteiger partial charge in [0.2, 0.25) is 0 Å². The third-order valence-corrected chi connectivity index (χ3v) is 4.60. The molecule has 2 aromatic rings.